The fourth-order valence-corrected chi connectivity index (χ4v) is 6.38. The number of imide groups is 1. The molecule has 0 atom stereocenters. The average molecular weight is 472 g/mol. The van der Waals surface area contributed by atoms with Gasteiger partial charge in [0.05, 0.1) is 31.1 Å². The molecule has 1 saturated carbocycles. The first-order valence-corrected chi connectivity index (χ1v) is 11.8. The van der Waals surface area contributed by atoms with Crippen molar-refractivity contribution in [2.24, 2.45) is 0 Å². The molecule has 152 valence electrons. The molecule has 2 saturated heterocycles. The van der Waals surface area contributed by atoms with Crippen molar-refractivity contribution in [3.63, 3.8) is 0 Å². The lowest BCUT2D eigenvalue weighted by atomic mass is 9.98. The van der Waals surface area contributed by atoms with Crippen LogP contribution in [0.4, 0.5) is 4.79 Å². The molecule has 4 rings (SSSR count). The number of sulfonamides is 1. The summed E-state index contributed by atoms with van der Waals surface area (Å²) in [6.07, 6.45) is 3.34. The summed E-state index contributed by atoms with van der Waals surface area (Å²) in [5.41, 5.74) is -0.692. The van der Waals surface area contributed by atoms with Crippen LogP contribution < -0.4 is 10.2 Å². The van der Waals surface area contributed by atoms with E-state index in [4.69, 9.17) is 0 Å². The number of benzene rings is 1. The molecule has 0 radical (unpaired) electrons. The molecular formula is C18H24BrN4O4S+. The van der Waals surface area contributed by atoms with Crippen molar-refractivity contribution in [2.75, 3.05) is 32.8 Å². The highest BCUT2D eigenvalue weighted by atomic mass is 79.9. The molecule has 3 fully saturated rings. The monoisotopic (exact) mass is 471 g/mol. The number of urea groups is 1. The maximum Gasteiger partial charge on any atom is 0.329 e. The predicted molar refractivity (Wildman–Crippen MR) is 105 cm³/mol. The van der Waals surface area contributed by atoms with Crippen molar-refractivity contribution >= 4 is 37.9 Å². The van der Waals surface area contributed by atoms with Gasteiger partial charge in [0.1, 0.15) is 5.54 Å². The van der Waals surface area contributed by atoms with Crippen LogP contribution in [0, 0.1) is 0 Å². The largest absolute Gasteiger partial charge is 0.329 e. The first-order valence-electron chi connectivity index (χ1n) is 9.55. The molecule has 2 aliphatic heterocycles. The van der Waals surface area contributed by atoms with Gasteiger partial charge in [-0.05, 0) is 31.0 Å². The minimum Gasteiger partial charge on any atom is -0.323 e. The van der Waals surface area contributed by atoms with E-state index < -0.39 is 15.6 Å². The Hall–Kier alpha value is -1.49. The lowest BCUT2D eigenvalue weighted by Gasteiger charge is -2.33. The zero-order valence-corrected chi connectivity index (χ0v) is 17.9. The van der Waals surface area contributed by atoms with E-state index >= 15 is 0 Å². The van der Waals surface area contributed by atoms with Gasteiger partial charge in [-0.15, -0.1) is 0 Å². The highest BCUT2D eigenvalue weighted by Crippen LogP contribution is 2.34. The van der Waals surface area contributed by atoms with Gasteiger partial charge in [0.25, 0.3) is 5.91 Å². The van der Waals surface area contributed by atoms with Gasteiger partial charge in [0, 0.05) is 4.47 Å². The number of hydrogen-bond acceptors (Lipinski definition) is 4. The standard InChI is InChI=1S/C18H23BrN4O4S/c19-14-4-3-5-15(12-14)28(26,27)22-10-8-21(9-11-22)13-23-16(24)18(20-17(23)25)6-1-2-7-18/h3-5,12H,1-2,6-11,13H2,(H,20,25)/p+1. The molecule has 3 aliphatic rings. The molecule has 1 spiro atoms. The minimum absolute atomic E-state index is 0.119. The summed E-state index contributed by atoms with van der Waals surface area (Å²) in [4.78, 5) is 27.7. The smallest absolute Gasteiger partial charge is 0.323 e. The van der Waals surface area contributed by atoms with Crippen LogP contribution in [0.3, 0.4) is 0 Å². The Balaban J connectivity index is 1.38. The summed E-state index contributed by atoms with van der Waals surface area (Å²) in [5.74, 6) is -0.119. The Bertz CT molecular complexity index is 893. The maximum atomic E-state index is 12.8. The number of rotatable bonds is 4. The van der Waals surface area contributed by atoms with Crippen molar-refractivity contribution in [2.45, 2.75) is 36.1 Å². The van der Waals surface area contributed by atoms with Gasteiger partial charge in [-0.2, -0.15) is 4.31 Å². The van der Waals surface area contributed by atoms with Crippen molar-refractivity contribution in [1.29, 1.82) is 0 Å². The topological polar surface area (TPSA) is 91.2 Å². The third-order valence-electron chi connectivity index (χ3n) is 5.95. The number of carbonyl (C=O) groups is 2. The first-order chi connectivity index (χ1) is 13.3. The molecule has 8 nitrogen and oxygen atoms in total. The van der Waals surface area contributed by atoms with Gasteiger partial charge in [0.2, 0.25) is 10.0 Å². The van der Waals surface area contributed by atoms with Gasteiger partial charge in [-0.3, -0.25) is 4.79 Å². The quantitative estimate of drug-likeness (QED) is 0.611. The zero-order valence-electron chi connectivity index (χ0n) is 15.5. The van der Waals surface area contributed by atoms with Gasteiger partial charge < -0.3 is 10.2 Å². The molecule has 0 bridgehead atoms. The Morgan fingerprint density at radius 3 is 2.46 bits per heavy atom. The lowest BCUT2D eigenvalue weighted by molar-refractivity contribution is -0.910. The van der Waals surface area contributed by atoms with Crippen molar-refractivity contribution < 1.29 is 22.9 Å². The molecule has 1 aromatic carbocycles. The predicted octanol–water partition coefficient (Wildman–Crippen LogP) is 0.160. The summed E-state index contributed by atoms with van der Waals surface area (Å²) in [6, 6.07) is 6.37. The van der Waals surface area contributed by atoms with E-state index in [1.165, 1.54) is 9.21 Å². The van der Waals surface area contributed by atoms with E-state index in [0.717, 1.165) is 22.2 Å². The van der Waals surface area contributed by atoms with E-state index in [1.807, 2.05) is 0 Å². The number of nitrogens with one attached hydrogen (secondary N) is 2. The Labute approximate surface area is 173 Å². The van der Waals surface area contributed by atoms with Crippen molar-refractivity contribution in [1.82, 2.24) is 14.5 Å². The number of piperazine rings is 1. The number of hydrogen-bond donors (Lipinski definition) is 2. The third kappa shape index (κ3) is 3.47. The molecule has 2 N–H and O–H groups in total. The number of nitrogens with zero attached hydrogens (tertiary/aromatic N) is 2. The summed E-state index contributed by atoms with van der Waals surface area (Å²) >= 11 is 3.31. The van der Waals surface area contributed by atoms with E-state index in [9.17, 15) is 18.0 Å². The average Bonchev–Trinajstić information content (AvgIpc) is 3.23. The van der Waals surface area contributed by atoms with Crippen LogP contribution in [0.15, 0.2) is 33.6 Å². The summed E-state index contributed by atoms with van der Waals surface area (Å²) in [7, 11) is -3.54. The van der Waals surface area contributed by atoms with E-state index in [-0.39, 0.29) is 23.5 Å². The zero-order chi connectivity index (χ0) is 19.9. The fourth-order valence-electron chi connectivity index (χ4n) is 4.34. The second kappa shape index (κ2) is 7.40. The SMILES string of the molecule is O=C1NC2(CCCC2)C(=O)N1C[NH+]1CCN(S(=O)(=O)c2cccc(Br)c2)CC1. The van der Waals surface area contributed by atoms with E-state index in [2.05, 4.69) is 21.2 Å². The molecule has 1 aromatic rings. The molecule has 2 heterocycles. The minimum atomic E-state index is -3.54. The molecule has 3 amide bonds. The molecule has 0 unspecified atom stereocenters. The first kappa shape index (κ1) is 19.8. The second-order valence-corrected chi connectivity index (χ2v) is 10.6. The highest BCUT2D eigenvalue weighted by Gasteiger charge is 2.53. The molecular weight excluding hydrogens is 448 g/mol. The van der Waals surface area contributed by atoms with Gasteiger partial charge >= 0.3 is 6.03 Å². The van der Waals surface area contributed by atoms with Crippen LogP contribution in [0.1, 0.15) is 25.7 Å². The maximum absolute atomic E-state index is 12.8. The second-order valence-electron chi connectivity index (χ2n) is 7.72. The fraction of sp³-hybridized carbons (Fsp3) is 0.556. The lowest BCUT2D eigenvalue weighted by Crippen LogP contribution is -3.16. The van der Waals surface area contributed by atoms with Gasteiger partial charge in [-0.25, -0.2) is 18.1 Å². The van der Waals surface area contributed by atoms with Crippen LogP contribution in [-0.4, -0.2) is 67.9 Å². The molecule has 10 heteroatoms. The molecule has 28 heavy (non-hydrogen) atoms. The molecule has 1 aliphatic carbocycles. The van der Waals surface area contributed by atoms with Gasteiger partial charge in [-0.1, -0.05) is 34.8 Å². The Kier molecular flexibility index (Phi) is 5.24. The normalized spacial score (nSPS) is 23.5. The van der Waals surface area contributed by atoms with E-state index in [1.54, 1.807) is 24.3 Å². The Morgan fingerprint density at radius 1 is 1.14 bits per heavy atom. The number of quaternary nitrogens is 1. The van der Waals surface area contributed by atoms with Crippen LogP contribution >= 0.6 is 15.9 Å². The third-order valence-corrected chi connectivity index (χ3v) is 8.34. The van der Waals surface area contributed by atoms with Crippen molar-refractivity contribution in [3.05, 3.63) is 28.7 Å². The number of amides is 3. The van der Waals surface area contributed by atoms with Gasteiger partial charge in [0.15, 0.2) is 6.67 Å². The summed E-state index contributed by atoms with van der Waals surface area (Å²) < 4.78 is 27.9. The summed E-state index contributed by atoms with van der Waals surface area (Å²) in [5, 5.41) is 2.89. The Morgan fingerprint density at radius 2 is 1.82 bits per heavy atom. The van der Waals surface area contributed by atoms with Crippen LogP contribution in [0.25, 0.3) is 0 Å². The molecule has 0 aromatic heterocycles. The van der Waals surface area contributed by atoms with Crippen molar-refractivity contribution in [3.8, 4) is 0 Å². The van der Waals surface area contributed by atoms with Crippen LogP contribution in [0.5, 0.6) is 0 Å². The number of halogens is 1. The van der Waals surface area contributed by atoms with E-state index in [0.29, 0.717) is 39.0 Å². The van der Waals surface area contributed by atoms with Crippen LogP contribution in [0.2, 0.25) is 0 Å². The number of carbonyl (C=O) groups excluding carboxylic acids is 2. The van der Waals surface area contributed by atoms with Crippen LogP contribution in [-0.2, 0) is 14.8 Å². The summed E-state index contributed by atoms with van der Waals surface area (Å²) in [6.45, 7) is 2.11. The highest BCUT2D eigenvalue weighted by molar-refractivity contribution is 9.10.